The standard InChI is InChI=1S/C23H40N4O2S/c1-18-7-8-20(29-18)17-27(10-6-9-26-11-13-28-14-12-26)21(30)24-19-15-22(2,3)25-23(4,5)16-19/h7-8,19,25H,6,9-17H2,1-5H3,(H,24,30). The molecule has 0 saturated carbocycles. The normalized spacial score (nSPS) is 22.0. The molecule has 1 aromatic heterocycles. The summed E-state index contributed by atoms with van der Waals surface area (Å²) in [4.78, 5) is 4.75. The zero-order chi connectivity index (χ0) is 21.8. The molecule has 2 fully saturated rings. The highest BCUT2D eigenvalue weighted by Gasteiger charge is 2.38. The number of aryl methyl sites for hydroxylation is 1. The molecule has 30 heavy (non-hydrogen) atoms. The molecule has 3 rings (SSSR count). The van der Waals surface area contributed by atoms with Gasteiger partial charge in [0.15, 0.2) is 5.11 Å². The summed E-state index contributed by atoms with van der Waals surface area (Å²) < 4.78 is 11.3. The smallest absolute Gasteiger partial charge is 0.169 e. The number of furan rings is 1. The fraction of sp³-hybridized carbons (Fsp3) is 0.783. The minimum Gasteiger partial charge on any atom is -0.464 e. The maximum atomic E-state index is 5.90. The average molecular weight is 437 g/mol. The Hall–Kier alpha value is -1.15. The molecule has 0 bridgehead atoms. The summed E-state index contributed by atoms with van der Waals surface area (Å²) in [5.74, 6) is 1.91. The van der Waals surface area contributed by atoms with Gasteiger partial charge < -0.3 is 24.7 Å². The van der Waals surface area contributed by atoms with Crippen LogP contribution >= 0.6 is 12.2 Å². The van der Waals surface area contributed by atoms with E-state index in [2.05, 4.69) is 54.2 Å². The monoisotopic (exact) mass is 436 g/mol. The highest BCUT2D eigenvalue weighted by molar-refractivity contribution is 7.80. The zero-order valence-corrected chi connectivity index (χ0v) is 20.2. The Labute approximate surface area is 187 Å². The van der Waals surface area contributed by atoms with E-state index in [1.807, 2.05) is 13.0 Å². The summed E-state index contributed by atoms with van der Waals surface area (Å²) in [5.41, 5.74) is 0.183. The van der Waals surface area contributed by atoms with Gasteiger partial charge in [-0.15, -0.1) is 0 Å². The van der Waals surface area contributed by atoms with Crippen molar-refractivity contribution in [3.8, 4) is 0 Å². The van der Waals surface area contributed by atoms with Crippen LogP contribution in [0.25, 0.3) is 0 Å². The van der Waals surface area contributed by atoms with E-state index in [4.69, 9.17) is 21.4 Å². The number of rotatable bonds is 7. The van der Waals surface area contributed by atoms with Gasteiger partial charge in [-0.2, -0.15) is 0 Å². The highest BCUT2D eigenvalue weighted by Crippen LogP contribution is 2.28. The molecule has 7 heteroatoms. The molecule has 0 aliphatic carbocycles. The summed E-state index contributed by atoms with van der Waals surface area (Å²) in [6.07, 6.45) is 3.18. The molecule has 0 spiro atoms. The molecule has 1 aromatic rings. The number of nitrogens with one attached hydrogen (secondary N) is 2. The third kappa shape index (κ3) is 7.22. The number of nitrogens with zero attached hydrogens (tertiary/aromatic N) is 2. The van der Waals surface area contributed by atoms with Gasteiger partial charge in [0.25, 0.3) is 0 Å². The van der Waals surface area contributed by atoms with Gasteiger partial charge in [-0.25, -0.2) is 0 Å². The molecule has 0 aromatic carbocycles. The van der Waals surface area contributed by atoms with Crippen molar-refractivity contribution in [3.63, 3.8) is 0 Å². The van der Waals surface area contributed by atoms with Crippen LogP contribution in [-0.4, -0.2) is 71.4 Å². The molecule has 170 valence electrons. The van der Waals surface area contributed by atoms with Crippen LogP contribution in [0.15, 0.2) is 16.5 Å². The molecular formula is C23H40N4O2S. The largest absolute Gasteiger partial charge is 0.464 e. The first-order valence-electron chi connectivity index (χ1n) is 11.3. The second-order valence-corrected chi connectivity index (χ2v) is 10.6. The van der Waals surface area contributed by atoms with E-state index in [9.17, 15) is 0 Å². The second-order valence-electron chi connectivity index (χ2n) is 10.2. The lowest BCUT2D eigenvalue weighted by atomic mass is 9.80. The summed E-state index contributed by atoms with van der Waals surface area (Å²) in [5, 5.41) is 8.28. The quantitative estimate of drug-likeness (QED) is 0.636. The highest BCUT2D eigenvalue weighted by atomic mass is 32.1. The Morgan fingerprint density at radius 3 is 2.47 bits per heavy atom. The Balaban J connectivity index is 1.60. The minimum absolute atomic E-state index is 0.0916. The molecule has 2 saturated heterocycles. The van der Waals surface area contributed by atoms with Crippen molar-refractivity contribution in [1.29, 1.82) is 0 Å². The molecule has 3 heterocycles. The number of ether oxygens (including phenoxy) is 1. The molecule has 2 aliphatic rings. The molecule has 0 atom stereocenters. The molecule has 2 N–H and O–H groups in total. The fourth-order valence-electron chi connectivity index (χ4n) is 5.01. The van der Waals surface area contributed by atoms with Crippen LogP contribution in [0.4, 0.5) is 0 Å². The number of morpholine rings is 1. The van der Waals surface area contributed by atoms with Crippen molar-refractivity contribution in [2.45, 2.75) is 77.5 Å². The van der Waals surface area contributed by atoms with Crippen LogP contribution in [0.2, 0.25) is 0 Å². The molecule has 0 unspecified atom stereocenters. The first-order chi connectivity index (χ1) is 14.1. The summed E-state index contributed by atoms with van der Waals surface area (Å²) in [6, 6.07) is 4.45. The number of hydrogen-bond acceptors (Lipinski definition) is 5. The van der Waals surface area contributed by atoms with Gasteiger partial charge in [0.05, 0.1) is 19.8 Å². The molecule has 0 amide bonds. The van der Waals surface area contributed by atoms with Crippen LogP contribution in [0.1, 0.15) is 58.5 Å². The zero-order valence-electron chi connectivity index (χ0n) is 19.4. The molecular weight excluding hydrogens is 396 g/mol. The van der Waals surface area contributed by atoms with Crippen molar-refractivity contribution in [2.75, 3.05) is 39.4 Å². The van der Waals surface area contributed by atoms with E-state index >= 15 is 0 Å². The van der Waals surface area contributed by atoms with Crippen LogP contribution < -0.4 is 10.6 Å². The van der Waals surface area contributed by atoms with Crippen LogP contribution in [0.3, 0.4) is 0 Å². The van der Waals surface area contributed by atoms with Gasteiger partial charge in [0.2, 0.25) is 0 Å². The Kier molecular flexibility index (Phi) is 7.82. The summed E-state index contributed by atoms with van der Waals surface area (Å²) in [7, 11) is 0. The van der Waals surface area contributed by atoms with Gasteiger partial charge in [-0.3, -0.25) is 4.90 Å². The first kappa shape index (κ1) is 23.5. The lowest BCUT2D eigenvalue weighted by Gasteiger charge is -2.47. The third-order valence-electron chi connectivity index (χ3n) is 5.95. The maximum absolute atomic E-state index is 5.90. The fourth-order valence-corrected chi connectivity index (χ4v) is 5.33. The van der Waals surface area contributed by atoms with Crippen molar-refractivity contribution < 1.29 is 9.15 Å². The molecule has 2 aliphatic heterocycles. The lowest BCUT2D eigenvalue weighted by molar-refractivity contribution is 0.0367. The Morgan fingerprint density at radius 1 is 1.20 bits per heavy atom. The average Bonchev–Trinajstić information content (AvgIpc) is 3.04. The van der Waals surface area contributed by atoms with E-state index in [1.165, 1.54) is 0 Å². The van der Waals surface area contributed by atoms with Crippen molar-refractivity contribution in [2.24, 2.45) is 0 Å². The van der Waals surface area contributed by atoms with Gasteiger partial charge >= 0.3 is 0 Å². The topological polar surface area (TPSA) is 52.9 Å². The summed E-state index contributed by atoms with van der Waals surface area (Å²) >= 11 is 5.90. The second kappa shape index (κ2) is 9.98. The molecule has 0 radical (unpaired) electrons. The van der Waals surface area contributed by atoms with Crippen LogP contribution in [-0.2, 0) is 11.3 Å². The van der Waals surface area contributed by atoms with Gasteiger partial charge in [-0.1, -0.05) is 0 Å². The van der Waals surface area contributed by atoms with E-state index in [0.29, 0.717) is 12.6 Å². The lowest BCUT2D eigenvalue weighted by Crippen LogP contribution is -2.62. The number of thiocarbonyl (C=S) groups is 1. The van der Waals surface area contributed by atoms with Crippen molar-refractivity contribution in [3.05, 3.63) is 23.7 Å². The SMILES string of the molecule is Cc1ccc(CN(CCCN2CCOCC2)C(=S)NC2CC(C)(C)NC(C)(C)C2)o1. The predicted molar refractivity (Wildman–Crippen MR) is 126 cm³/mol. The Bertz CT molecular complexity index is 681. The van der Waals surface area contributed by atoms with Crippen molar-refractivity contribution in [1.82, 2.24) is 20.4 Å². The van der Waals surface area contributed by atoms with E-state index in [0.717, 1.165) is 75.3 Å². The van der Waals surface area contributed by atoms with E-state index < -0.39 is 0 Å². The van der Waals surface area contributed by atoms with Crippen LogP contribution in [0.5, 0.6) is 0 Å². The summed E-state index contributed by atoms with van der Waals surface area (Å²) in [6.45, 7) is 17.5. The minimum atomic E-state index is 0.0916. The van der Waals surface area contributed by atoms with E-state index in [-0.39, 0.29) is 11.1 Å². The number of hydrogen-bond donors (Lipinski definition) is 2. The van der Waals surface area contributed by atoms with E-state index in [1.54, 1.807) is 0 Å². The van der Waals surface area contributed by atoms with Gasteiger partial charge in [0, 0.05) is 43.3 Å². The third-order valence-corrected chi connectivity index (χ3v) is 6.33. The van der Waals surface area contributed by atoms with Gasteiger partial charge in [-0.05, 0) is 78.2 Å². The Morgan fingerprint density at radius 2 is 1.87 bits per heavy atom. The number of piperidine rings is 1. The van der Waals surface area contributed by atoms with Crippen LogP contribution in [0, 0.1) is 6.92 Å². The predicted octanol–water partition coefficient (Wildman–Crippen LogP) is 3.30. The van der Waals surface area contributed by atoms with Gasteiger partial charge in [0.1, 0.15) is 11.5 Å². The maximum Gasteiger partial charge on any atom is 0.169 e. The first-order valence-corrected chi connectivity index (χ1v) is 11.7. The van der Waals surface area contributed by atoms with Crippen molar-refractivity contribution >= 4 is 17.3 Å². The molecule has 6 nitrogen and oxygen atoms in total.